The van der Waals surface area contributed by atoms with Crippen molar-refractivity contribution >= 4 is 64.8 Å². The molecule has 0 fully saturated rings. The maximum Gasteiger partial charge on any atom is 0.436 e. The van der Waals surface area contributed by atoms with Crippen molar-refractivity contribution in [2.45, 2.75) is 38.1 Å². The van der Waals surface area contributed by atoms with Gasteiger partial charge in [-0.25, -0.2) is 9.59 Å². The molecule has 40 heavy (non-hydrogen) atoms. The molecule has 0 saturated carbocycles. The molecule has 13 nitrogen and oxygen atoms in total. The van der Waals surface area contributed by atoms with E-state index in [1.165, 1.54) is 24.3 Å². The number of hydrogen-bond acceptors (Lipinski definition) is 7. The van der Waals surface area contributed by atoms with Crippen molar-refractivity contribution in [3.63, 3.8) is 0 Å². The van der Waals surface area contributed by atoms with E-state index in [4.69, 9.17) is 37.8 Å². The van der Waals surface area contributed by atoms with Crippen LogP contribution in [0.25, 0.3) is 0 Å². The van der Waals surface area contributed by atoms with Gasteiger partial charge in [-0.2, -0.15) is 0 Å². The van der Waals surface area contributed by atoms with Crippen LogP contribution < -0.4 is 21.3 Å². The second-order valence-corrected chi connectivity index (χ2v) is 9.32. The van der Waals surface area contributed by atoms with Crippen LogP contribution in [0.5, 0.6) is 0 Å². The minimum absolute atomic E-state index is 0.0645. The number of carboxylic acids is 1. The Bertz CT molecular complexity index is 1230. The number of nitrogens with one attached hydrogen (secondary N) is 4. The van der Waals surface area contributed by atoms with Gasteiger partial charge in [0.05, 0.1) is 19.8 Å². The van der Waals surface area contributed by atoms with Crippen molar-refractivity contribution in [1.29, 1.82) is 0 Å². The molecule has 1 atom stereocenters. The van der Waals surface area contributed by atoms with Gasteiger partial charge in [-0.15, -0.1) is 4.99 Å². The fourth-order valence-electron chi connectivity index (χ4n) is 3.41. The zero-order chi connectivity index (χ0) is 29.7. The maximum absolute atomic E-state index is 12.7. The number of nitrogens with zero attached hydrogens (tertiary/aromatic N) is 1. The molecular weight excluding hydrogens is 569 g/mol. The van der Waals surface area contributed by atoms with Crippen LogP contribution in [0.1, 0.15) is 43.5 Å². The lowest BCUT2D eigenvalue weighted by Crippen LogP contribution is -2.47. The summed E-state index contributed by atoms with van der Waals surface area (Å²) in [6.45, 7) is 2.91. The SMILES string of the molecule is CCOC(=O)/N=C(\NC(=O)OCC)Nc1cccc(C(=O)NCC(=O)NC2(Cl)C=C(Cl)C=C(CCC(=O)O)C2)c1. The number of ether oxygens (including phenoxy) is 2. The Kier molecular flexibility index (Phi) is 12.4. The van der Waals surface area contributed by atoms with E-state index >= 15 is 0 Å². The highest BCUT2D eigenvalue weighted by Crippen LogP contribution is 2.33. The van der Waals surface area contributed by atoms with Gasteiger partial charge in [-0.1, -0.05) is 34.8 Å². The molecule has 0 bridgehead atoms. The van der Waals surface area contributed by atoms with Crippen LogP contribution in [0.3, 0.4) is 0 Å². The molecule has 0 spiro atoms. The molecule has 1 aliphatic carbocycles. The van der Waals surface area contributed by atoms with Crippen LogP contribution in [0.4, 0.5) is 15.3 Å². The lowest BCUT2D eigenvalue weighted by Gasteiger charge is -2.29. The van der Waals surface area contributed by atoms with Crippen LogP contribution in [-0.4, -0.2) is 65.8 Å². The summed E-state index contributed by atoms with van der Waals surface area (Å²) in [5.74, 6) is -2.49. The third-order valence-electron chi connectivity index (χ3n) is 4.96. The largest absolute Gasteiger partial charge is 0.481 e. The topological polar surface area (TPSA) is 185 Å². The minimum atomic E-state index is -1.38. The molecule has 5 N–H and O–H groups in total. The number of rotatable bonds is 10. The van der Waals surface area contributed by atoms with Crippen molar-refractivity contribution < 1.29 is 38.6 Å². The summed E-state index contributed by atoms with van der Waals surface area (Å²) >= 11 is 12.6. The number of halogens is 2. The number of anilines is 1. The van der Waals surface area contributed by atoms with Crippen LogP contribution in [-0.2, 0) is 19.1 Å². The molecule has 0 saturated heterocycles. The number of benzene rings is 1. The van der Waals surface area contributed by atoms with Gasteiger partial charge in [-0.3, -0.25) is 19.7 Å². The van der Waals surface area contributed by atoms with E-state index < -0.39 is 41.5 Å². The number of alkyl halides is 1. The van der Waals surface area contributed by atoms with Crippen molar-refractivity contribution in [2.75, 3.05) is 25.1 Å². The predicted octanol–water partition coefficient (Wildman–Crippen LogP) is 3.46. The Hall–Kier alpha value is -4.10. The lowest BCUT2D eigenvalue weighted by molar-refractivity contribution is -0.137. The number of carbonyl (C=O) groups is 5. The van der Waals surface area contributed by atoms with Crippen molar-refractivity contribution in [3.05, 3.63) is 52.6 Å². The Morgan fingerprint density at radius 3 is 2.52 bits per heavy atom. The molecular formula is C25H29Cl2N5O8. The monoisotopic (exact) mass is 597 g/mol. The van der Waals surface area contributed by atoms with Gasteiger partial charge >= 0.3 is 18.2 Å². The second kappa shape index (κ2) is 15.5. The standard InChI is InChI=1S/C25H29Cl2N5O8/c1-3-39-23(37)30-22(31-24(38)40-4-2)29-18-7-5-6-16(11-18)21(36)28-14-19(33)32-25(27)12-15(8-9-20(34)35)10-17(26)13-25/h5-7,10-11,13H,3-4,8-9,12,14H2,1-2H3,(H,28,36)(H,32,33)(H,34,35)(H2,29,30,31,37,38). The van der Waals surface area contributed by atoms with Crippen LogP contribution in [0.15, 0.2) is 52.0 Å². The summed E-state index contributed by atoms with van der Waals surface area (Å²) < 4.78 is 9.55. The number of hydrogen-bond donors (Lipinski definition) is 5. The number of amides is 4. The molecule has 1 aromatic rings. The van der Waals surface area contributed by atoms with Crippen LogP contribution in [0.2, 0.25) is 0 Å². The first kappa shape index (κ1) is 32.1. The van der Waals surface area contributed by atoms with Gasteiger partial charge in [0.25, 0.3) is 5.91 Å². The Labute approximate surface area is 240 Å². The first-order valence-electron chi connectivity index (χ1n) is 12.1. The molecule has 1 aliphatic rings. The van der Waals surface area contributed by atoms with Crippen molar-refractivity contribution in [1.82, 2.24) is 16.0 Å². The number of aliphatic carboxylic acids is 1. The third-order valence-corrected chi connectivity index (χ3v) is 5.52. The van der Waals surface area contributed by atoms with E-state index in [1.807, 2.05) is 0 Å². The van der Waals surface area contributed by atoms with Gasteiger partial charge in [0.2, 0.25) is 11.9 Å². The van der Waals surface area contributed by atoms with E-state index in [-0.39, 0.29) is 54.7 Å². The van der Waals surface area contributed by atoms with Gasteiger partial charge in [0.15, 0.2) is 0 Å². The summed E-state index contributed by atoms with van der Waals surface area (Å²) in [4.78, 5) is 61.9. The maximum atomic E-state index is 12.7. The molecule has 0 aromatic heterocycles. The van der Waals surface area contributed by atoms with Crippen LogP contribution >= 0.6 is 23.2 Å². The molecule has 1 unspecified atom stereocenters. The third kappa shape index (κ3) is 11.3. The number of carboxylic acid groups (broad SMARTS) is 1. The van der Waals surface area contributed by atoms with E-state index in [9.17, 15) is 24.0 Å². The Morgan fingerprint density at radius 1 is 1.12 bits per heavy atom. The minimum Gasteiger partial charge on any atom is -0.481 e. The number of allylic oxidation sites excluding steroid dienone is 2. The van der Waals surface area contributed by atoms with E-state index in [1.54, 1.807) is 26.0 Å². The summed E-state index contributed by atoms with van der Waals surface area (Å²) in [6, 6.07) is 5.94. The summed E-state index contributed by atoms with van der Waals surface area (Å²) in [5.41, 5.74) is 1.07. The van der Waals surface area contributed by atoms with Crippen molar-refractivity contribution in [2.24, 2.45) is 4.99 Å². The molecule has 0 radical (unpaired) electrons. The average molecular weight is 598 g/mol. The molecule has 0 heterocycles. The fraction of sp³-hybridized carbons (Fsp3) is 0.360. The lowest BCUT2D eigenvalue weighted by atomic mass is 9.96. The zero-order valence-electron chi connectivity index (χ0n) is 21.7. The summed E-state index contributed by atoms with van der Waals surface area (Å²) in [5, 5.41) is 19.2. The van der Waals surface area contributed by atoms with Gasteiger partial charge in [0, 0.05) is 29.1 Å². The first-order valence-corrected chi connectivity index (χ1v) is 12.8. The van der Waals surface area contributed by atoms with E-state index in [0.29, 0.717) is 5.57 Å². The number of carbonyl (C=O) groups excluding carboxylic acids is 4. The molecule has 15 heteroatoms. The zero-order valence-corrected chi connectivity index (χ0v) is 23.2. The smallest absolute Gasteiger partial charge is 0.436 e. The molecule has 1 aromatic carbocycles. The quantitative estimate of drug-likeness (QED) is 0.116. The normalized spacial score (nSPS) is 16.6. The second-order valence-electron chi connectivity index (χ2n) is 8.21. The van der Waals surface area contributed by atoms with E-state index in [0.717, 1.165) is 0 Å². The fourth-order valence-corrected chi connectivity index (χ4v) is 4.20. The first-order chi connectivity index (χ1) is 18.9. The number of alkyl carbamates (subject to hydrolysis) is 1. The molecule has 4 amide bonds. The van der Waals surface area contributed by atoms with Crippen LogP contribution in [0, 0.1) is 0 Å². The Balaban J connectivity index is 2.01. The highest BCUT2D eigenvalue weighted by molar-refractivity contribution is 6.33. The highest BCUT2D eigenvalue weighted by Gasteiger charge is 2.31. The predicted molar refractivity (Wildman–Crippen MR) is 147 cm³/mol. The van der Waals surface area contributed by atoms with Gasteiger partial charge in [-0.05, 0) is 50.6 Å². The molecule has 0 aliphatic heterocycles. The number of guanidine groups is 1. The van der Waals surface area contributed by atoms with Crippen molar-refractivity contribution in [3.8, 4) is 0 Å². The van der Waals surface area contributed by atoms with Gasteiger partial charge < -0.3 is 30.5 Å². The van der Waals surface area contributed by atoms with E-state index in [2.05, 4.69) is 26.3 Å². The molecule has 216 valence electrons. The Morgan fingerprint density at radius 2 is 1.85 bits per heavy atom. The average Bonchev–Trinajstić information content (AvgIpc) is 2.85. The van der Waals surface area contributed by atoms with Gasteiger partial charge in [0.1, 0.15) is 5.00 Å². The summed E-state index contributed by atoms with van der Waals surface area (Å²) in [6.07, 6.45) is 1.44. The molecule has 2 rings (SSSR count). The number of aliphatic imine (C=N–C) groups is 1. The highest BCUT2D eigenvalue weighted by atomic mass is 35.5. The summed E-state index contributed by atoms with van der Waals surface area (Å²) in [7, 11) is 0.